The number of hydrogen-bond acceptors (Lipinski definition) is 3. The molecule has 2 heterocycles. The maximum atomic E-state index is 12.0. The fourth-order valence-corrected chi connectivity index (χ4v) is 3.32. The molecule has 0 spiro atoms. The predicted octanol–water partition coefficient (Wildman–Crippen LogP) is 3.84. The van der Waals surface area contributed by atoms with Gasteiger partial charge in [0, 0.05) is 24.2 Å². The van der Waals surface area contributed by atoms with Crippen LogP contribution in [0, 0.1) is 0 Å². The quantitative estimate of drug-likeness (QED) is 0.854. The molecule has 0 aromatic heterocycles. The number of hydrogen-bond donors (Lipinski definition) is 0. The summed E-state index contributed by atoms with van der Waals surface area (Å²) in [6, 6.07) is 14.2. The van der Waals surface area contributed by atoms with Crippen molar-refractivity contribution in [3.63, 3.8) is 0 Å². The van der Waals surface area contributed by atoms with Gasteiger partial charge in [-0.05, 0) is 47.9 Å². The van der Waals surface area contributed by atoms with Crippen LogP contribution >= 0.6 is 0 Å². The highest BCUT2D eigenvalue weighted by Crippen LogP contribution is 2.28. The molecule has 126 valence electrons. The van der Waals surface area contributed by atoms with Crippen LogP contribution in [0.15, 0.2) is 53.5 Å². The van der Waals surface area contributed by atoms with Gasteiger partial charge in [0.2, 0.25) is 5.91 Å². The van der Waals surface area contributed by atoms with Crippen molar-refractivity contribution in [1.29, 1.82) is 0 Å². The Morgan fingerprint density at radius 1 is 1.12 bits per heavy atom. The van der Waals surface area contributed by atoms with E-state index in [-0.39, 0.29) is 5.91 Å². The number of benzene rings is 2. The van der Waals surface area contributed by atoms with Crippen molar-refractivity contribution in [3.8, 4) is 5.75 Å². The molecule has 0 aliphatic carbocycles. The van der Waals surface area contributed by atoms with E-state index in [4.69, 9.17) is 4.74 Å². The summed E-state index contributed by atoms with van der Waals surface area (Å²) in [6.45, 7) is 1.51. The molecule has 0 atom stereocenters. The van der Waals surface area contributed by atoms with Gasteiger partial charge in [-0.2, -0.15) is 0 Å². The minimum atomic E-state index is 0.213. The summed E-state index contributed by atoms with van der Waals surface area (Å²) in [6.07, 6.45) is 5.69. The summed E-state index contributed by atoms with van der Waals surface area (Å²) < 4.78 is 5.18. The first-order valence-corrected chi connectivity index (χ1v) is 8.55. The Balaban J connectivity index is 1.57. The molecule has 0 unspecified atom stereocenters. The van der Waals surface area contributed by atoms with Gasteiger partial charge in [0.15, 0.2) is 0 Å². The first-order chi connectivity index (χ1) is 12.2. The van der Waals surface area contributed by atoms with Crippen molar-refractivity contribution in [2.24, 2.45) is 4.99 Å². The van der Waals surface area contributed by atoms with Crippen molar-refractivity contribution in [2.45, 2.75) is 19.4 Å². The number of carbonyl (C=O) groups is 1. The van der Waals surface area contributed by atoms with Gasteiger partial charge in [0.05, 0.1) is 19.4 Å². The molecule has 2 aliphatic heterocycles. The average Bonchev–Trinajstić information content (AvgIpc) is 3.26. The highest BCUT2D eigenvalue weighted by atomic mass is 16.5. The Morgan fingerprint density at radius 2 is 1.96 bits per heavy atom. The van der Waals surface area contributed by atoms with Crippen LogP contribution in [-0.4, -0.2) is 25.3 Å². The number of carbonyl (C=O) groups excluding carboxylic acids is 1. The third-order valence-corrected chi connectivity index (χ3v) is 4.72. The second kappa shape index (κ2) is 6.55. The Kier molecular flexibility index (Phi) is 4.10. The number of aliphatic imine (C=N–C) groups is 1. The number of allylic oxidation sites excluding steroid dienone is 1. The molecule has 0 saturated carbocycles. The van der Waals surface area contributed by atoms with E-state index in [0.717, 1.165) is 41.2 Å². The van der Waals surface area contributed by atoms with Gasteiger partial charge in [-0.3, -0.25) is 9.79 Å². The van der Waals surface area contributed by atoms with E-state index in [9.17, 15) is 4.79 Å². The first-order valence-electron chi connectivity index (χ1n) is 8.55. The van der Waals surface area contributed by atoms with Gasteiger partial charge < -0.3 is 9.64 Å². The lowest BCUT2D eigenvalue weighted by Crippen LogP contribution is -2.23. The third kappa shape index (κ3) is 3.07. The van der Waals surface area contributed by atoms with Gasteiger partial charge in [0.25, 0.3) is 0 Å². The number of anilines is 1. The van der Waals surface area contributed by atoms with Crippen molar-refractivity contribution in [2.75, 3.05) is 18.6 Å². The van der Waals surface area contributed by atoms with Gasteiger partial charge in [-0.1, -0.05) is 24.3 Å². The number of methoxy groups -OCH3 is 1. The van der Waals surface area contributed by atoms with E-state index < -0.39 is 0 Å². The number of ether oxygens (including phenoxy) is 1. The number of nitrogens with zero attached hydrogens (tertiary/aromatic N) is 2. The van der Waals surface area contributed by atoms with E-state index >= 15 is 0 Å². The second-order valence-electron chi connectivity index (χ2n) is 6.30. The molecule has 4 heteroatoms. The van der Waals surface area contributed by atoms with Crippen LogP contribution in [0.5, 0.6) is 5.75 Å². The summed E-state index contributed by atoms with van der Waals surface area (Å²) in [5, 5.41) is 0. The summed E-state index contributed by atoms with van der Waals surface area (Å²) in [5.41, 5.74) is 5.39. The predicted molar refractivity (Wildman–Crippen MR) is 100 cm³/mol. The largest absolute Gasteiger partial charge is 0.497 e. The SMILES string of the molecule is COc1ccc(/C=C/C2=NCc3ccc(N4CCCC4=O)cc32)cc1. The van der Waals surface area contributed by atoms with E-state index in [0.29, 0.717) is 13.0 Å². The molecule has 4 rings (SSSR count). The molecule has 2 aliphatic rings. The number of fused-ring (bicyclic) bond motifs is 1. The topological polar surface area (TPSA) is 41.9 Å². The molecule has 0 radical (unpaired) electrons. The van der Waals surface area contributed by atoms with Crippen LogP contribution in [0.2, 0.25) is 0 Å². The Hall–Kier alpha value is -2.88. The normalized spacial score (nSPS) is 16.4. The van der Waals surface area contributed by atoms with E-state index in [1.54, 1.807) is 7.11 Å². The minimum Gasteiger partial charge on any atom is -0.497 e. The number of amides is 1. The molecule has 2 aromatic rings. The lowest BCUT2D eigenvalue weighted by atomic mass is 10.0. The number of rotatable bonds is 4. The maximum Gasteiger partial charge on any atom is 0.227 e. The zero-order chi connectivity index (χ0) is 17.2. The van der Waals surface area contributed by atoms with Crippen LogP contribution < -0.4 is 9.64 Å². The lowest BCUT2D eigenvalue weighted by Gasteiger charge is -2.16. The molecule has 1 saturated heterocycles. The van der Waals surface area contributed by atoms with Crippen LogP contribution in [-0.2, 0) is 11.3 Å². The standard InChI is InChI=1S/C21H20N2O2/c1-25-18-9-4-15(5-10-18)6-11-20-19-13-17(8-7-16(19)14-22-20)23-12-2-3-21(23)24/h4-11,13H,2-3,12,14H2,1H3/b11-6+. The Bertz CT molecular complexity index is 866. The maximum absolute atomic E-state index is 12.0. The van der Waals surface area contributed by atoms with Crippen LogP contribution in [0.3, 0.4) is 0 Å². The van der Waals surface area contributed by atoms with Crippen LogP contribution in [0.25, 0.3) is 6.08 Å². The summed E-state index contributed by atoms with van der Waals surface area (Å²) in [4.78, 5) is 18.5. The minimum absolute atomic E-state index is 0.213. The monoisotopic (exact) mass is 332 g/mol. The van der Waals surface area contributed by atoms with Gasteiger partial charge in [0.1, 0.15) is 5.75 Å². The van der Waals surface area contributed by atoms with Crippen LogP contribution in [0.1, 0.15) is 29.5 Å². The summed E-state index contributed by atoms with van der Waals surface area (Å²) in [5.74, 6) is 1.06. The molecule has 1 fully saturated rings. The molecule has 0 bridgehead atoms. The van der Waals surface area contributed by atoms with E-state index in [2.05, 4.69) is 23.2 Å². The molecular formula is C21H20N2O2. The van der Waals surface area contributed by atoms with Gasteiger partial charge >= 0.3 is 0 Å². The van der Waals surface area contributed by atoms with Crippen molar-refractivity contribution in [1.82, 2.24) is 0 Å². The fourth-order valence-electron chi connectivity index (χ4n) is 3.32. The highest BCUT2D eigenvalue weighted by molar-refractivity contribution is 6.14. The Morgan fingerprint density at radius 3 is 2.68 bits per heavy atom. The summed E-state index contributed by atoms with van der Waals surface area (Å²) in [7, 11) is 1.66. The third-order valence-electron chi connectivity index (χ3n) is 4.72. The molecule has 1 amide bonds. The lowest BCUT2D eigenvalue weighted by molar-refractivity contribution is -0.117. The zero-order valence-corrected chi connectivity index (χ0v) is 14.2. The summed E-state index contributed by atoms with van der Waals surface area (Å²) >= 11 is 0. The zero-order valence-electron chi connectivity index (χ0n) is 14.2. The van der Waals surface area contributed by atoms with E-state index in [1.807, 2.05) is 41.3 Å². The smallest absolute Gasteiger partial charge is 0.227 e. The Labute approximate surface area is 147 Å². The van der Waals surface area contributed by atoms with Gasteiger partial charge in [-0.25, -0.2) is 0 Å². The van der Waals surface area contributed by atoms with Crippen molar-refractivity contribution in [3.05, 3.63) is 65.2 Å². The average molecular weight is 332 g/mol. The molecular weight excluding hydrogens is 312 g/mol. The molecule has 25 heavy (non-hydrogen) atoms. The highest BCUT2D eigenvalue weighted by Gasteiger charge is 2.23. The second-order valence-corrected chi connectivity index (χ2v) is 6.30. The fraction of sp³-hybridized carbons (Fsp3) is 0.238. The molecule has 4 nitrogen and oxygen atoms in total. The first kappa shape index (κ1) is 15.6. The van der Waals surface area contributed by atoms with Crippen molar-refractivity contribution < 1.29 is 9.53 Å². The van der Waals surface area contributed by atoms with E-state index in [1.165, 1.54) is 5.56 Å². The molecule has 0 N–H and O–H groups in total. The molecule has 2 aromatic carbocycles. The van der Waals surface area contributed by atoms with Crippen molar-refractivity contribution >= 4 is 23.4 Å². The van der Waals surface area contributed by atoms with Gasteiger partial charge in [-0.15, -0.1) is 0 Å². The van der Waals surface area contributed by atoms with Crippen LogP contribution in [0.4, 0.5) is 5.69 Å².